The van der Waals surface area contributed by atoms with Gasteiger partial charge in [0.1, 0.15) is 24.4 Å². The number of unbranched alkanes of at least 4 members (excludes halogenated alkanes) is 38. The summed E-state index contributed by atoms with van der Waals surface area (Å²) in [6, 6.07) is -1.02. The van der Waals surface area contributed by atoms with Crippen LogP contribution in [0.15, 0.2) is 48.6 Å². The lowest BCUT2D eigenvalue weighted by Crippen LogP contribution is -2.61. The zero-order valence-electron chi connectivity index (χ0n) is 52.0. The first-order valence-corrected chi connectivity index (χ1v) is 33.9. The minimum absolute atomic E-state index is 0.110. The first kappa shape index (κ1) is 75.6. The number of hydrogen-bond acceptors (Lipinski definition) is 10. The molecule has 0 aromatic carbocycles. The molecule has 1 amide bonds. The second kappa shape index (κ2) is 57.1. The van der Waals surface area contributed by atoms with E-state index in [0.29, 0.717) is 19.3 Å². The van der Waals surface area contributed by atoms with E-state index in [1.165, 1.54) is 180 Å². The summed E-state index contributed by atoms with van der Waals surface area (Å²) in [5.74, 6) is -1.20. The van der Waals surface area contributed by atoms with Gasteiger partial charge < -0.3 is 45.1 Å². The Morgan fingerprint density at radius 3 is 1.31 bits per heavy atom. The average Bonchev–Trinajstić information content (AvgIpc) is 3.48. The van der Waals surface area contributed by atoms with Gasteiger partial charge in [-0.05, 0) is 64.2 Å². The molecule has 0 bridgehead atoms. The number of aliphatic hydroxyl groups is 5. The lowest BCUT2D eigenvalue weighted by atomic mass is 9.99. The van der Waals surface area contributed by atoms with Crippen molar-refractivity contribution in [1.82, 2.24) is 5.32 Å². The second-order valence-corrected chi connectivity index (χ2v) is 23.6. The number of ether oxygens (including phenoxy) is 3. The van der Waals surface area contributed by atoms with Crippen LogP contribution < -0.4 is 5.32 Å². The normalized spacial score (nSPS) is 19.0. The first-order chi connectivity index (χ1) is 39.2. The van der Waals surface area contributed by atoms with Crippen molar-refractivity contribution < 1.29 is 49.3 Å². The number of esters is 1. The highest BCUT2D eigenvalue weighted by atomic mass is 16.7. The maximum absolute atomic E-state index is 13.5. The van der Waals surface area contributed by atoms with Crippen LogP contribution >= 0.6 is 0 Å². The van der Waals surface area contributed by atoms with E-state index in [1.54, 1.807) is 6.08 Å². The van der Waals surface area contributed by atoms with Crippen LogP contribution in [0.25, 0.3) is 0 Å². The van der Waals surface area contributed by atoms with Gasteiger partial charge in [0, 0.05) is 6.42 Å². The van der Waals surface area contributed by atoms with E-state index in [4.69, 9.17) is 14.2 Å². The maximum Gasteiger partial charge on any atom is 0.306 e. The molecule has 8 atom stereocenters. The molecule has 1 rings (SSSR count). The van der Waals surface area contributed by atoms with Crippen molar-refractivity contribution in [3.05, 3.63) is 48.6 Å². The molecular weight excluding hydrogens is 1000 g/mol. The Morgan fingerprint density at radius 2 is 0.863 bits per heavy atom. The lowest BCUT2D eigenvalue weighted by Gasteiger charge is -2.41. The van der Waals surface area contributed by atoms with Crippen LogP contribution in [-0.2, 0) is 23.8 Å². The maximum atomic E-state index is 13.5. The highest BCUT2D eigenvalue weighted by Gasteiger charge is 2.47. The van der Waals surface area contributed by atoms with Crippen molar-refractivity contribution in [2.45, 2.75) is 365 Å². The van der Waals surface area contributed by atoms with E-state index < -0.39 is 67.4 Å². The van der Waals surface area contributed by atoms with Crippen molar-refractivity contribution >= 4 is 11.9 Å². The highest BCUT2D eigenvalue weighted by Crippen LogP contribution is 2.26. The van der Waals surface area contributed by atoms with Gasteiger partial charge in [-0.15, -0.1) is 0 Å². The molecule has 11 nitrogen and oxygen atoms in total. The molecule has 6 N–H and O–H groups in total. The van der Waals surface area contributed by atoms with Crippen LogP contribution in [0.3, 0.4) is 0 Å². The van der Waals surface area contributed by atoms with Crippen LogP contribution in [0.5, 0.6) is 0 Å². The molecule has 1 fully saturated rings. The third-order valence-electron chi connectivity index (χ3n) is 16.0. The quantitative estimate of drug-likeness (QED) is 0.0195. The number of carbonyl (C=O) groups excluding carboxylic acids is 2. The van der Waals surface area contributed by atoms with E-state index >= 15 is 0 Å². The lowest BCUT2D eigenvalue weighted by molar-refractivity contribution is -0.305. The predicted molar refractivity (Wildman–Crippen MR) is 334 cm³/mol. The molecule has 0 spiro atoms. The Kier molecular flexibility index (Phi) is 54.0. The van der Waals surface area contributed by atoms with Gasteiger partial charge in [-0.1, -0.05) is 294 Å². The molecule has 0 saturated carbocycles. The Labute approximate surface area is 491 Å². The van der Waals surface area contributed by atoms with Crippen molar-refractivity contribution in [1.29, 1.82) is 0 Å². The molecule has 0 aromatic rings. The summed E-state index contributed by atoms with van der Waals surface area (Å²) in [6.07, 6.45) is 60.0. The number of nitrogens with one attached hydrogen (secondary N) is 1. The Hall–Kier alpha value is -2.38. The van der Waals surface area contributed by atoms with Gasteiger partial charge in [0.15, 0.2) is 12.4 Å². The van der Waals surface area contributed by atoms with E-state index in [-0.39, 0.29) is 13.0 Å². The van der Waals surface area contributed by atoms with Crippen molar-refractivity contribution in [3.63, 3.8) is 0 Å². The van der Waals surface area contributed by atoms with E-state index in [1.807, 2.05) is 6.08 Å². The summed E-state index contributed by atoms with van der Waals surface area (Å²) in [5.41, 5.74) is 0. The molecule has 1 aliphatic rings. The van der Waals surface area contributed by atoms with E-state index in [9.17, 15) is 35.1 Å². The molecule has 11 heteroatoms. The van der Waals surface area contributed by atoms with Crippen molar-refractivity contribution in [3.8, 4) is 0 Å². The number of rotatable bonds is 58. The molecule has 0 radical (unpaired) electrons. The van der Waals surface area contributed by atoms with Gasteiger partial charge in [-0.3, -0.25) is 9.59 Å². The van der Waals surface area contributed by atoms with Crippen molar-refractivity contribution in [2.24, 2.45) is 0 Å². The number of carbonyl (C=O) groups is 2. The van der Waals surface area contributed by atoms with Gasteiger partial charge in [-0.2, -0.15) is 0 Å². The molecular formula is C69H127NO10. The third-order valence-corrected chi connectivity index (χ3v) is 16.0. The van der Waals surface area contributed by atoms with Crippen LogP contribution in [0.4, 0.5) is 0 Å². The molecule has 468 valence electrons. The third kappa shape index (κ3) is 44.2. The monoisotopic (exact) mass is 1130 g/mol. The fourth-order valence-electron chi connectivity index (χ4n) is 10.6. The average molecular weight is 1130 g/mol. The predicted octanol–water partition coefficient (Wildman–Crippen LogP) is 16.8. The van der Waals surface area contributed by atoms with Crippen LogP contribution in [0.2, 0.25) is 0 Å². The highest BCUT2D eigenvalue weighted by molar-refractivity contribution is 5.80. The van der Waals surface area contributed by atoms with E-state index in [0.717, 1.165) is 89.9 Å². The minimum Gasteiger partial charge on any atom is -0.454 e. The Bertz CT molecular complexity index is 1490. The fourth-order valence-corrected chi connectivity index (χ4v) is 10.6. The number of aliphatic hydroxyl groups excluding tert-OH is 5. The van der Waals surface area contributed by atoms with Gasteiger partial charge in [-0.25, -0.2) is 0 Å². The van der Waals surface area contributed by atoms with E-state index in [2.05, 4.69) is 62.5 Å². The molecule has 80 heavy (non-hydrogen) atoms. The summed E-state index contributed by atoms with van der Waals surface area (Å²) >= 11 is 0. The smallest absolute Gasteiger partial charge is 0.306 e. The molecule has 1 heterocycles. The Morgan fingerprint density at radius 1 is 0.487 bits per heavy atom. The van der Waals surface area contributed by atoms with Crippen molar-refractivity contribution in [2.75, 3.05) is 13.2 Å². The summed E-state index contributed by atoms with van der Waals surface area (Å²) in [7, 11) is 0. The first-order valence-electron chi connectivity index (χ1n) is 33.9. The molecule has 1 aliphatic heterocycles. The van der Waals surface area contributed by atoms with Crippen LogP contribution in [-0.4, -0.2) is 99.6 Å². The molecule has 0 aliphatic carbocycles. The topological polar surface area (TPSA) is 175 Å². The summed E-state index contributed by atoms with van der Waals surface area (Å²) in [6.45, 7) is 5.79. The second-order valence-electron chi connectivity index (χ2n) is 23.6. The number of amides is 1. The molecule has 0 aromatic heterocycles. The Balaban J connectivity index is 2.62. The zero-order valence-corrected chi connectivity index (χ0v) is 52.0. The van der Waals surface area contributed by atoms with Gasteiger partial charge in [0.25, 0.3) is 0 Å². The summed E-state index contributed by atoms with van der Waals surface area (Å²) < 4.78 is 17.7. The van der Waals surface area contributed by atoms with Gasteiger partial charge in [0.05, 0.1) is 25.4 Å². The largest absolute Gasteiger partial charge is 0.454 e. The summed E-state index contributed by atoms with van der Waals surface area (Å²) in [5, 5.41) is 57.1. The standard InChI is InChI=1S/C69H127NO10/c1-4-7-10-13-16-19-22-25-27-29-31-33-34-36-38-41-44-47-50-53-56-62(73)68(77)70-60(61(72)55-52-49-46-43-40-24-21-18-15-12-9-6-3)59-78-69-67(66(76)65(75)63(58-71)79-69)80-64(74)57-54-51-48-45-42-39-37-35-32-30-28-26-23-20-17-14-11-8-5-2/h17,20,26,28,32,35,52,55,60-63,65-67,69,71-73,75-76H,4-16,18-19,21-25,27,29-31,33-34,36-51,53-54,56-59H2,1-3H3,(H,70,77)/b20-17-,28-26-,35-32-,55-52+. The minimum atomic E-state index is -1.62. The molecule has 1 saturated heterocycles. The fraction of sp³-hybridized carbons (Fsp3) is 0.855. The number of allylic oxidation sites excluding steroid dienone is 7. The zero-order chi connectivity index (χ0) is 58.2. The number of hydrogen-bond donors (Lipinski definition) is 6. The van der Waals surface area contributed by atoms with Gasteiger partial charge in [0.2, 0.25) is 5.91 Å². The van der Waals surface area contributed by atoms with Crippen LogP contribution in [0.1, 0.15) is 316 Å². The van der Waals surface area contributed by atoms with Gasteiger partial charge >= 0.3 is 5.97 Å². The summed E-state index contributed by atoms with van der Waals surface area (Å²) in [4.78, 5) is 26.6. The molecule has 8 unspecified atom stereocenters. The van der Waals surface area contributed by atoms with Crippen LogP contribution in [0, 0.1) is 0 Å². The SMILES string of the molecule is CCCCC/C=C\C/C=C\C/C=C\CCCCCCCCC(=O)OC1C(OCC(NC(=O)C(O)CCCCCCCCCCCCCCCCCCCCCC)C(O)/C=C/CCCCCCCCCCCC)OC(CO)C(O)C1O.